The Morgan fingerprint density at radius 3 is 2.59 bits per heavy atom. The molecule has 1 aliphatic rings. The summed E-state index contributed by atoms with van der Waals surface area (Å²) in [7, 11) is 0. The highest BCUT2D eigenvalue weighted by atomic mass is 32.1. The quantitative estimate of drug-likeness (QED) is 0.742. The average Bonchev–Trinajstić information content (AvgIpc) is 2.25. The van der Waals surface area contributed by atoms with Gasteiger partial charge in [0.1, 0.15) is 0 Å². The van der Waals surface area contributed by atoms with Gasteiger partial charge in [-0.2, -0.15) is 0 Å². The highest BCUT2D eigenvalue weighted by Gasteiger charge is 2.49. The van der Waals surface area contributed by atoms with Crippen molar-refractivity contribution in [3.63, 3.8) is 0 Å². The first-order valence-corrected chi connectivity index (χ1v) is 6.94. The highest BCUT2D eigenvalue weighted by molar-refractivity contribution is 7.80. The van der Waals surface area contributed by atoms with E-state index in [4.69, 9.17) is 17.0 Å². The number of rotatable bonds is 5. The fraction of sp³-hybridized carbons (Fsp3) is 0.923. The number of hydrogen-bond acceptors (Lipinski definition) is 2. The van der Waals surface area contributed by atoms with Gasteiger partial charge in [0.15, 0.2) is 5.11 Å². The third-order valence-electron chi connectivity index (χ3n) is 3.52. The Morgan fingerprint density at radius 2 is 2.12 bits per heavy atom. The standard InChI is InChI=1S/C13H26N2OS/c1-6-16-11-7-10(13(11,4)5)15-12(17)14-8-9(2)3/h9-11H,6-8H2,1-5H3,(H2,14,15,17). The van der Waals surface area contributed by atoms with Crippen LogP contribution in [0.4, 0.5) is 0 Å². The van der Waals surface area contributed by atoms with E-state index in [-0.39, 0.29) is 5.41 Å². The van der Waals surface area contributed by atoms with Crippen LogP contribution in [0.1, 0.15) is 41.0 Å². The van der Waals surface area contributed by atoms with E-state index in [2.05, 4.69) is 38.3 Å². The molecule has 0 aromatic rings. The third-order valence-corrected chi connectivity index (χ3v) is 3.78. The van der Waals surface area contributed by atoms with Crippen molar-refractivity contribution in [1.29, 1.82) is 0 Å². The smallest absolute Gasteiger partial charge is 0.166 e. The predicted octanol–water partition coefficient (Wildman–Crippen LogP) is 2.31. The maximum atomic E-state index is 5.70. The van der Waals surface area contributed by atoms with Crippen molar-refractivity contribution in [3.05, 3.63) is 0 Å². The van der Waals surface area contributed by atoms with Crippen molar-refractivity contribution < 1.29 is 4.74 Å². The van der Waals surface area contributed by atoms with E-state index in [0.29, 0.717) is 18.1 Å². The van der Waals surface area contributed by atoms with Crippen LogP contribution in [0.25, 0.3) is 0 Å². The van der Waals surface area contributed by atoms with E-state index in [0.717, 1.165) is 24.7 Å². The minimum atomic E-state index is 0.166. The van der Waals surface area contributed by atoms with Crippen molar-refractivity contribution in [2.45, 2.75) is 53.2 Å². The Hall–Kier alpha value is -0.350. The summed E-state index contributed by atoms with van der Waals surface area (Å²) in [5, 5.41) is 7.41. The maximum absolute atomic E-state index is 5.70. The molecule has 3 nitrogen and oxygen atoms in total. The van der Waals surface area contributed by atoms with Gasteiger partial charge in [0.2, 0.25) is 0 Å². The van der Waals surface area contributed by atoms with Crippen molar-refractivity contribution in [2.24, 2.45) is 11.3 Å². The second-order valence-electron chi connectivity index (χ2n) is 5.80. The van der Waals surface area contributed by atoms with Gasteiger partial charge in [-0.3, -0.25) is 0 Å². The average molecular weight is 258 g/mol. The summed E-state index contributed by atoms with van der Waals surface area (Å²) in [6.07, 6.45) is 1.41. The minimum absolute atomic E-state index is 0.166. The molecule has 100 valence electrons. The van der Waals surface area contributed by atoms with Gasteiger partial charge in [-0.25, -0.2) is 0 Å². The van der Waals surface area contributed by atoms with E-state index in [1.54, 1.807) is 0 Å². The monoisotopic (exact) mass is 258 g/mol. The lowest BCUT2D eigenvalue weighted by atomic mass is 9.64. The predicted molar refractivity (Wildman–Crippen MR) is 76.2 cm³/mol. The van der Waals surface area contributed by atoms with E-state index in [1.165, 1.54) is 0 Å². The fourth-order valence-corrected chi connectivity index (χ4v) is 2.35. The summed E-state index contributed by atoms with van der Waals surface area (Å²) in [5.41, 5.74) is 0.166. The van der Waals surface area contributed by atoms with Crippen molar-refractivity contribution >= 4 is 17.3 Å². The van der Waals surface area contributed by atoms with E-state index >= 15 is 0 Å². The molecule has 1 fully saturated rings. The zero-order chi connectivity index (χ0) is 13.1. The largest absolute Gasteiger partial charge is 0.378 e. The Labute approximate surface area is 111 Å². The zero-order valence-electron chi connectivity index (χ0n) is 11.7. The molecule has 2 unspecified atom stereocenters. The van der Waals surface area contributed by atoms with Crippen LogP contribution in [0.5, 0.6) is 0 Å². The van der Waals surface area contributed by atoms with Gasteiger partial charge in [0.05, 0.1) is 6.10 Å². The molecular formula is C13H26N2OS. The first kappa shape index (κ1) is 14.7. The van der Waals surface area contributed by atoms with Crippen LogP contribution in [-0.2, 0) is 4.74 Å². The van der Waals surface area contributed by atoms with Crippen molar-refractivity contribution in [3.8, 4) is 0 Å². The molecular weight excluding hydrogens is 232 g/mol. The second-order valence-corrected chi connectivity index (χ2v) is 6.21. The van der Waals surface area contributed by atoms with Crippen LogP contribution in [0.2, 0.25) is 0 Å². The fourth-order valence-electron chi connectivity index (χ4n) is 2.12. The maximum Gasteiger partial charge on any atom is 0.166 e. The summed E-state index contributed by atoms with van der Waals surface area (Å²) in [4.78, 5) is 0. The van der Waals surface area contributed by atoms with Gasteiger partial charge in [0.25, 0.3) is 0 Å². The summed E-state index contributed by atoms with van der Waals surface area (Å²) in [5.74, 6) is 0.611. The minimum Gasteiger partial charge on any atom is -0.378 e. The molecule has 4 heteroatoms. The number of nitrogens with one attached hydrogen (secondary N) is 2. The lowest BCUT2D eigenvalue weighted by molar-refractivity contribution is -0.109. The summed E-state index contributed by atoms with van der Waals surface area (Å²) >= 11 is 5.29. The lowest BCUT2D eigenvalue weighted by Crippen LogP contribution is -2.63. The van der Waals surface area contributed by atoms with E-state index < -0.39 is 0 Å². The van der Waals surface area contributed by atoms with Gasteiger partial charge in [-0.15, -0.1) is 0 Å². The summed E-state index contributed by atoms with van der Waals surface area (Å²) in [6, 6.07) is 0.422. The summed E-state index contributed by atoms with van der Waals surface area (Å²) in [6.45, 7) is 12.6. The third kappa shape index (κ3) is 3.81. The van der Waals surface area contributed by atoms with Gasteiger partial charge >= 0.3 is 0 Å². The first-order valence-electron chi connectivity index (χ1n) is 6.53. The molecule has 2 N–H and O–H groups in total. The van der Waals surface area contributed by atoms with Gasteiger partial charge in [0, 0.05) is 24.6 Å². The van der Waals surface area contributed by atoms with Crippen LogP contribution in [0, 0.1) is 11.3 Å². The number of thiocarbonyl (C=S) groups is 1. The lowest BCUT2D eigenvalue weighted by Gasteiger charge is -2.52. The van der Waals surface area contributed by atoms with Crippen LogP contribution >= 0.6 is 12.2 Å². The van der Waals surface area contributed by atoms with Crippen molar-refractivity contribution in [1.82, 2.24) is 10.6 Å². The van der Waals surface area contributed by atoms with E-state index in [9.17, 15) is 0 Å². The van der Waals surface area contributed by atoms with Gasteiger partial charge in [-0.1, -0.05) is 27.7 Å². The normalized spacial score (nSPS) is 26.5. The SMILES string of the molecule is CCOC1CC(NC(=S)NCC(C)C)C1(C)C. The molecule has 0 aromatic heterocycles. The Kier molecular flexibility index (Phi) is 5.20. The molecule has 0 bridgehead atoms. The number of hydrogen-bond donors (Lipinski definition) is 2. The van der Waals surface area contributed by atoms with Crippen LogP contribution in [-0.4, -0.2) is 30.4 Å². The van der Waals surface area contributed by atoms with Crippen LogP contribution in [0.3, 0.4) is 0 Å². The van der Waals surface area contributed by atoms with E-state index in [1.807, 2.05) is 6.92 Å². The molecule has 17 heavy (non-hydrogen) atoms. The van der Waals surface area contributed by atoms with Gasteiger partial charge in [-0.05, 0) is 31.5 Å². The highest BCUT2D eigenvalue weighted by Crippen LogP contribution is 2.42. The molecule has 1 saturated carbocycles. The van der Waals surface area contributed by atoms with Gasteiger partial charge < -0.3 is 15.4 Å². The zero-order valence-corrected chi connectivity index (χ0v) is 12.5. The molecule has 0 heterocycles. The molecule has 0 saturated heterocycles. The molecule has 0 aromatic carbocycles. The topological polar surface area (TPSA) is 33.3 Å². The molecule has 0 amide bonds. The molecule has 2 atom stereocenters. The molecule has 0 spiro atoms. The second kappa shape index (κ2) is 6.01. The van der Waals surface area contributed by atoms with Crippen molar-refractivity contribution in [2.75, 3.05) is 13.2 Å². The molecule has 0 aliphatic heterocycles. The molecule has 1 rings (SSSR count). The Morgan fingerprint density at radius 1 is 1.47 bits per heavy atom. The first-order chi connectivity index (χ1) is 7.87. The molecule has 1 aliphatic carbocycles. The van der Waals surface area contributed by atoms with Crippen LogP contribution in [0.15, 0.2) is 0 Å². The molecule has 0 radical (unpaired) electrons. The number of ether oxygens (including phenoxy) is 1. The summed E-state index contributed by atoms with van der Waals surface area (Å²) < 4.78 is 5.70. The van der Waals surface area contributed by atoms with Crippen LogP contribution < -0.4 is 10.6 Å². The Bertz CT molecular complexity index is 266. The Balaban J connectivity index is 2.32.